The van der Waals surface area contributed by atoms with Crippen molar-refractivity contribution >= 4 is 11.6 Å². The fourth-order valence-corrected chi connectivity index (χ4v) is 2.94. The molecule has 2 aromatic carbocycles. The van der Waals surface area contributed by atoms with E-state index in [1.54, 1.807) is 47.0 Å². The zero-order valence-corrected chi connectivity index (χ0v) is 13.9. The van der Waals surface area contributed by atoms with Gasteiger partial charge in [0.15, 0.2) is 0 Å². The van der Waals surface area contributed by atoms with Gasteiger partial charge in [0.25, 0.3) is 0 Å². The second-order valence-corrected chi connectivity index (χ2v) is 5.76. The van der Waals surface area contributed by atoms with Gasteiger partial charge in [0.05, 0.1) is 17.3 Å². The van der Waals surface area contributed by atoms with Crippen LogP contribution in [0.1, 0.15) is 22.5 Å². The van der Waals surface area contributed by atoms with Crippen molar-refractivity contribution in [3.05, 3.63) is 88.7 Å². The predicted molar refractivity (Wildman–Crippen MR) is 95.1 cm³/mol. The van der Waals surface area contributed by atoms with Gasteiger partial charge < -0.3 is 4.57 Å². The highest BCUT2D eigenvalue weighted by atomic mass is 19.1. The minimum atomic E-state index is -0.446. The van der Waals surface area contributed by atoms with E-state index in [4.69, 9.17) is 0 Å². The van der Waals surface area contributed by atoms with E-state index in [1.165, 1.54) is 12.1 Å². The molecular weight excluding hydrogens is 318 g/mol. The Morgan fingerprint density at radius 2 is 1.64 bits per heavy atom. The molecule has 0 aliphatic rings. The number of aromatic nitrogens is 1. The fraction of sp³-hybridized carbons (Fsp3) is 0.0952. The summed E-state index contributed by atoms with van der Waals surface area (Å²) in [6.45, 7) is 3.72. The molecule has 0 radical (unpaired) electrons. The summed E-state index contributed by atoms with van der Waals surface area (Å²) in [7, 11) is 0. The van der Waals surface area contributed by atoms with E-state index >= 15 is 0 Å². The topological polar surface area (TPSA) is 28.7 Å². The minimum absolute atomic E-state index is 0.229. The molecular formula is C21H16F2N2. The molecule has 0 saturated carbocycles. The van der Waals surface area contributed by atoms with Crippen molar-refractivity contribution < 1.29 is 8.78 Å². The van der Waals surface area contributed by atoms with E-state index < -0.39 is 5.82 Å². The maximum absolute atomic E-state index is 14.2. The van der Waals surface area contributed by atoms with Crippen LogP contribution in [-0.4, -0.2) is 4.57 Å². The third-order valence-corrected chi connectivity index (χ3v) is 4.15. The van der Waals surface area contributed by atoms with Gasteiger partial charge in [-0.25, -0.2) is 8.78 Å². The average molecular weight is 334 g/mol. The zero-order valence-electron chi connectivity index (χ0n) is 13.9. The van der Waals surface area contributed by atoms with Gasteiger partial charge >= 0.3 is 0 Å². The number of hydrogen-bond acceptors (Lipinski definition) is 1. The summed E-state index contributed by atoms with van der Waals surface area (Å²) in [4.78, 5) is 0. The standard InChI is InChI=1S/C21H16F2N2/c1-14-11-16(12-17(13-24)18-7-3-4-8-19(18)22)15(2)25(14)21-10-6-5-9-20(21)23/h3-12H,1-2H3. The second kappa shape index (κ2) is 6.74. The van der Waals surface area contributed by atoms with Crippen molar-refractivity contribution in [2.24, 2.45) is 0 Å². The normalized spacial score (nSPS) is 11.4. The number of nitriles is 1. The second-order valence-electron chi connectivity index (χ2n) is 5.76. The fourth-order valence-electron chi connectivity index (χ4n) is 2.94. The Labute approximate surface area is 145 Å². The monoisotopic (exact) mass is 334 g/mol. The average Bonchev–Trinajstić information content (AvgIpc) is 2.88. The van der Waals surface area contributed by atoms with Gasteiger partial charge in [-0.05, 0) is 49.8 Å². The first-order valence-corrected chi connectivity index (χ1v) is 7.83. The van der Waals surface area contributed by atoms with E-state index in [9.17, 15) is 14.0 Å². The minimum Gasteiger partial charge on any atom is -0.315 e. The van der Waals surface area contributed by atoms with Crippen molar-refractivity contribution in [2.75, 3.05) is 0 Å². The lowest BCUT2D eigenvalue weighted by Gasteiger charge is -2.10. The molecule has 0 unspecified atom stereocenters. The molecule has 1 heterocycles. The highest BCUT2D eigenvalue weighted by Crippen LogP contribution is 2.27. The molecule has 0 aliphatic carbocycles. The number of para-hydroxylation sites is 1. The number of hydrogen-bond donors (Lipinski definition) is 0. The van der Waals surface area contributed by atoms with Gasteiger partial charge in [-0.1, -0.05) is 30.3 Å². The van der Waals surface area contributed by atoms with Crippen molar-refractivity contribution in [3.8, 4) is 11.8 Å². The molecule has 2 nitrogen and oxygen atoms in total. The zero-order chi connectivity index (χ0) is 18.0. The van der Waals surface area contributed by atoms with Crippen LogP contribution in [0.15, 0.2) is 54.6 Å². The number of halogens is 2. The molecule has 3 rings (SSSR count). The molecule has 0 amide bonds. The van der Waals surface area contributed by atoms with Crippen LogP contribution in [0.2, 0.25) is 0 Å². The van der Waals surface area contributed by atoms with Gasteiger partial charge in [-0.3, -0.25) is 0 Å². The van der Waals surface area contributed by atoms with Crippen LogP contribution in [0.5, 0.6) is 0 Å². The number of rotatable bonds is 3. The summed E-state index contributed by atoms with van der Waals surface area (Å²) >= 11 is 0. The number of nitrogens with zero attached hydrogens (tertiary/aromatic N) is 2. The molecule has 0 fully saturated rings. The highest BCUT2D eigenvalue weighted by molar-refractivity contribution is 5.90. The Balaban J connectivity index is 2.14. The Morgan fingerprint density at radius 1 is 1.00 bits per heavy atom. The molecule has 0 N–H and O–H groups in total. The van der Waals surface area contributed by atoms with E-state index in [-0.39, 0.29) is 17.0 Å². The summed E-state index contributed by atoms with van der Waals surface area (Å²) in [5, 5.41) is 9.44. The molecule has 4 heteroatoms. The molecule has 0 saturated heterocycles. The van der Waals surface area contributed by atoms with E-state index in [2.05, 4.69) is 6.07 Å². The lowest BCUT2D eigenvalue weighted by atomic mass is 10.0. The lowest BCUT2D eigenvalue weighted by molar-refractivity contribution is 0.616. The first-order valence-electron chi connectivity index (χ1n) is 7.83. The first kappa shape index (κ1) is 16.7. The third-order valence-electron chi connectivity index (χ3n) is 4.15. The smallest absolute Gasteiger partial charge is 0.147 e. The number of benzene rings is 2. The van der Waals surface area contributed by atoms with Crippen LogP contribution >= 0.6 is 0 Å². The van der Waals surface area contributed by atoms with E-state index in [0.29, 0.717) is 5.69 Å². The van der Waals surface area contributed by atoms with Crippen molar-refractivity contribution in [2.45, 2.75) is 13.8 Å². The van der Waals surface area contributed by atoms with Crippen molar-refractivity contribution in [1.29, 1.82) is 5.26 Å². The summed E-state index contributed by atoms with van der Waals surface area (Å²) < 4.78 is 29.9. The van der Waals surface area contributed by atoms with Crippen LogP contribution in [0.4, 0.5) is 8.78 Å². The van der Waals surface area contributed by atoms with Crippen LogP contribution < -0.4 is 0 Å². The SMILES string of the molecule is Cc1cc(C=C(C#N)c2ccccc2F)c(C)n1-c1ccccc1F. The molecule has 1 aromatic heterocycles. The molecule has 0 aliphatic heterocycles. The molecule has 124 valence electrons. The molecule has 3 aromatic rings. The summed E-state index contributed by atoms with van der Waals surface area (Å²) in [5.41, 5.74) is 3.29. The maximum Gasteiger partial charge on any atom is 0.147 e. The Bertz CT molecular complexity index is 1010. The van der Waals surface area contributed by atoms with Gasteiger partial charge in [0.1, 0.15) is 11.6 Å². The van der Waals surface area contributed by atoms with Gasteiger partial charge in [-0.2, -0.15) is 5.26 Å². The van der Waals surface area contributed by atoms with Gasteiger partial charge in [-0.15, -0.1) is 0 Å². The van der Waals surface area contributed by atoms with Crippen LogP contribution in [0.25, 0.3) is 17.3 Å². The summed E-state index contributed by atoms with van der Waals surface area (Å²) in [6, 6.07) is 16.6. The van der Waals surface area contributed by atoms with Crippen LogP contribution in [0.3, 0.4) is 0 Å². The van der Waals surface area contributed by atoms with E-state index in [1.807, 2.05) is 19.9 Å². The summed E-state index contributed by atoms with van der Waals surface area (Å²) in [5.74, 6) is -0.771. The number of allylic oxidation sites excluding steroid dienone is 1. The van der Waals surface area contributed by atoms with E-state index in [0.717, 1.165) is 17.0 Å². The predicted octanol–water partition coefficient (Wildman–Crippen LogP) is 5.44. The Morgan fingerprint density at radius 3 is 2.28 bits per heavy atom. The Hall–Kier alpha value is -3.19. The quantitative estimate of drug-likeness (QED) is 0.587. The lowest BCUT2D eigenvalue weighted by Crippen LogP contribution is -2.01. The van der Waals surface area contributed by atoms with Crippen LogP contribution in [-0.2, 0) is 0 Å². The Kier molecular flexibility index (Phi) is 4.49. The first-order chi connectivity index (χ1) is 12.0. The van der Waals surface area contributed by atoms with Crippen LogP contribution in [0, 0.1) is 36.8 Å². The molecule has 0 spiro atoms. The number of aryl methyl sites for hydroxylation is 1. The highest BCUT2D eigenvalue weighted by Gasteiger charge is 2.14. The third kappa shape index (κ3) is 3.09. The van der Waals surface area contributed by atoms with Gasteiger partial charge in [0, 0.05) is 17.0 Å². The molecule has 0 atom stereocenters. The summed E-state index contributed by atoms with van der Waals surface area (Å²) in [6.07, 6.45) is 1.64. The van der Waals surface area contributed by atoms with Crippen molar-refractivity contribution in [3.63, 3.8) is 0 Å². The van der Waals surface area contributed by atoms with Gasteiger partial charge in [0.2, 0.25) is 0 Å². The largest absolute Gasteiger partial charge is 0.315 e. The van der Waals surface area contributed by atoms with Crippen molar-refractivity contribution in [1.82, 2.24) is 4.57 Å². The molecule has 25 heavy (non-hydrogen) atoms. The maximum atomic E-state index is 14.2. The molecule has 0 bridgehead atoms.